The van der Waals surface area contributed by atoms with E-state index in [4.69, 9.17) is 5.21 Å². The average molecular weight is 262 g/mol. The summed E-state index contributed by atoms with van der Waals surface area (Å²) in [6.45, 7) is 1.02. The Balaban J connectivity index is 1.76. The smallest absolute Gasteiger partial charge is 0.0602 e. The first-order chi connectivity index (χ1) is 8.86. The summed E-state index contributed by atoms with van der Waals surface area (Å²) in [7, 11) is 0. The van der Waals surface area contributed by atoms with Gasteiger partial charge in [-0.2, -0.15) is 11.8 Å². The number of oxime groups is 1. The Kier molecular flexibility index (Phi) is 3.57. The first-order valence-corrected chi connectivity index (χ1v) is 7.59. The van der Waals surface area contributed by atoms with E-state index in [2.05, 4.69) is 40.4 Å². The number of nitrogens with zero attached hydrogens (tertiary/aromatic N) is 2. The number of piperidine rings is 1. The van der Waals surface area contributed by atoms with Crippen molar-refractivity contribution in [2.75, 3.05) is 11.5 Å². The molecule has 2 bridgehead atoms. The zero-order valence-electron chi connectivity index (χ0n) is 10.3. The Bertz CT molecular complexity index is 419. The highest BCUT2D eigenvalue weighted by Gasteiger charge is 2.37. The standard InChI is InChI=1S/C14H18N2OS/c17-15-12-6-13-9-18-10-14(7-12)16(13)8-11-4-2-1-3-5-11/h1-5,13-14,17H,6-10H2. The molecule has 3 rings (SSSR count). The van der Waals surface area contributed by atoms with Crippen LogP contribution in [0.2, 0.25) is 0 Å². The number of benzene rings is 1. The second kappa shape index (κ2) is 5.33. The molecule has 2 fully saturated rings. The average Bonchev–Trinajstić information content (AvgIpc) is 2.39. The molecule has 0 aromatic heterocycles. The Labute approximate surface area is 112 Å². The van der Waals surface area contributed by atoms with E-state index in [-0.39, 0.29) is 0 Å². The van der Waals surface area contributed by atoms with Crippen LogP contribution in [0.25, 0.3) is 0 Å². The summed E-state index contributed by atoms with van der Waals surface area (Å²) in [5, 5.41) is 12.4. The molecule has 96 valence electrons. The number of hydrogen-bond donors (Lipinski definition) is 1. The van der Waals surface area contributed by atoms with Gasteiger partial charge < -0.3 is 5.21 Å². The van der Waals surface area contributed by atoms with Crippen LogP contribution in [0.5, 0.6) is 0 Å². The van der Waals surface area contributed by atoms with Gasteiger partial charge in [-0.15, -0.1) is 0 Å². The van der Waals surface area contributed by atoms with Crippen LogP contribution in [0.15, 0.2) is 35.5 Å². The third-order valence-electron chi connectivity index (χ3n) is 3.85. The normalized spacial score (nSPS) is 28.1. The van der Waals surface area contributed by atoms with E-state index in [1.54, 1.807) is 0 Å². The lowest BCUT2D eigenvalue weighted by molar-refractivity contribution is 0.132. The highest BCUT2D eigenvalue weighted by molar-refractivity contribution is 7.99. The SMILES string of the molecule is ON=C1CC2CSCC(C1)N2Cc1ccccc1. The maximum Gasteiger partial charge on any atom is 0.0602 e. The molecule has 2 heterocycles. The summed E-state index contributed by atoms with van der Waals surface area (Å²) < 4.78 is 0. The van der Waals surface area contributed by atoms with Crippen LogP contribution in [-0.2, 0) is 6.54 Å². The summed E-state index contributed by atoms with van der Waals surface area (Å²) in [6, 6.07) is 11.7. The van der Waals surface area contributed by atoms with E-state index >= 15 is 0 Å². The van der Waals surface area contributed by atoms with Crippen LogP contribution in [-0.4, -0.2) is 39.4 Å². The van der Waals surface area contributed by atoms with E-state index < -0.39 is 0 Å². The van der Waals surface area contributed by atoms with Gasteiger partial charge in [0.1, 0.15) is 0 Å². The molecule has 0 amide bonds. The Morgan fingerprint density at radius 1 is 1.17 bits per heavy atom. The second-order valence-corrected chi connectivity index (χ2v) is 6.15. The molecular weight excluding hydrogens is 244 g/mol. The second-order valence-electron chi connectivity index (χ2n) is 5.08. The molecule has 2 saturated heterocycles. The topological polar surface area (TPSA) is 35.8 Å². The molecule has 3 nitrogen and oxygen atoms in total. The molecule has 0 spiro atoms. The predicted molar refractivity (Wildman–Crippen MR) is 75.3 cm³/mol. The van der Waals surface area contributed by atoms with Crippen LogP contribution in [0, 0.1) is 0 Å². The fourth-order valence-electron chi connectivity index (χ4n) is 2.94. The number of rotatable bonds is 2. The molecule has 0 radical (unpaired) electrons. The van der Waals surface area contributed by atoms with E-state index in [0.29, 0.717) is 12.1 Å². The van der Waals surface area contributed by atoms with E-state index in [1.165, 1.54) is 5.56 Å². The molecule has 2 unspecified atom stereocenters. The molecule has 1 N–H and O–H groups in total. The fourth-order valence-corrected chi connectivity index (χ4v) is 4.24. The van der Waals surface area contributed by atoms with Gasteiger partial charge in [0, 0.05) is 43.0 Å². The minimum atomic E-state index is 0.536. The van der Waals surface area contributed by atoms with Crippen molar-refractivity contribution < 1.29 is 5.21 Å². The predicted octanol–water partition coefficient (Wildman–Crippen LogP) is 2.60. The van der Waals surface area contributed by atoms with Crippen molar-refractivity contribution in [1.29, 1.82) is 0 Å². The lowest BCUT2D eigenvalue weighted by Crippen LogP contribution is -2.54. The van der Waals surface area contributed by atoms with Crippen LogP contribution in [0.1, 0.15) is 18.4 Å². The van der Waals surface area contributed by atoms with Crippen molar-refractivity contribution in [3.63, 3.8) is 0 Å². The Morgan fingerprint density at radius 2 is 1.83 bits per heavy atom. The molecule has 0 saturated carbocycles. The zero-order chi connectivity index (χ0) is 12.4. The maximum absolute atomic E-state index is 8.98. The molecule has 18 heavy (non-hydrogen) atoms. The quantitative estimate of drug-likeness (QED) is 0.657. The van der Waals surface area contributed by atoms with Crippen LogP contribution in [0.3, 0.4) is 0 Å². The van der Waals surface area contributed by atoms with Crippen molar-refractivity contribution in [2.24, 2.45) is 5.16 Å². The third-order valence-corrected chi connectivity index (χ3v) is 5.09. The van der Waals surface area contributed by atoms with Gasteiger partial charge in [0.2, 0.25) is 0 Å². The van der Waals surface area contributed by atoms with Gasteiger partial charge >= 0.3 is 0 Å². The van der Waals surface area contributed by atoms with Gasteiger partial charge in [-0.1, -0.05) is 35.5 Å². The van der Waals surface area contributed by atoms with Crippen LogP contribution in [0.4, 0.5) is 0 Å². The summed E-state index contributed by atoms with van der Waals surface area (Å²) in [6.07, 6.45) is 1.85. The molecule has 2 aliphatic rings. The molecule has 2 aliphatic heterocycles. The van der Waals surface area contributed by atoms with Crippen molar-refractivity contribution in [2.45, 2.75) is 31.5 Å². The number of fused-ring (bicyclic) bond motifs is 2. The minimum absolute atomic E-state index is 0.536. The monoisotopic (exact) mass is 262 g/mol. The number of thioether (sulfide) groups is 1. The van der Waals surface area contributed by atoms with E-state index in [1.807, 2.05) is 11.8 Å². The first-order valence-electron chi connectivity index (χ1n) is 6.44. The van der Waals surface area contributed by atoms with E-state index in [9.17, 15) is 0 Å². The molecule has 2 atom stereocenters. The Morgan fingerprint density at radius 3 is 2.44 bits per heavy atom. The summed E-state index contributed by atoms with van der Waals surface area (Å²) in [5.74, 6) is 2.31. The third kappa shape index (κ3) is 2.40. The van der Waals surface area contributed by atoms with Crippen molar-refractivity contribution in [3.05, 3.63) is 35.9 Å². The van der Waals surface area contributed by atoms with Crippen LogP contribution >= 0.6 is 11.8 Å². The highest BCUT2D eigenvalue weighted by Crippen LogP contribution is 2.32. The first kappa shape index (κ1) is 12.1. The molecule has 1 aromatic carbocycles. The summed E-state index contributed by atoms with van der Waals surface area (Å²) >= 11 is 2.04. The number of hydrogen-bond acceptors (Lipinski definition) is 4. The minimum Gasteiger partial charge on any atom is -0.411 e. The molecule has 0 aliphatic carbocycles. The summed E-state index contributed by atoms with van der Waals surface area (Å²) in [4.78, 5) is 2.60. The van der Waals surface area contributed by atoms with Gasteiger partial charge in [-0.25, -0.2) is 0 Å². The Hall–Kier alpha value is -1.00. The molecular formula is C14H18N2OS. The maximum atomic E-state index is 8.98. The van der Waals surface area contributed by atoms with Gasteiger partial charge in [-0.05, 0) is 5.56 Å². The van der Waals surface area contributed by atoms with E-state index in [0.717, 1.165) is 36.6 Å². The van der Waals surface area contributed by atoms with Gasteiger partial charge in [0.15, 0.2) is 0 Å². The fraction of sp³-hybridized carbons (Fsp3) is 0.500. The van der Waals surface area contributed by atoms with Gasteiger partial charge in [-0.3, -0.25) is 4.90 Å². The highest BCUT2D eigenvalue weighted by atomic mass is 32.2. The molecule has 1 aromatic rings. The largest absolute Gasteiger partial charge is 0.411 e. The summed E-state index contributed by atoms with van der Waals surface area (Å²) in [5.41, 5.74) is 2.36. The lowest BCUT2D eigenvalue weighted by Gasteiger charge is -2.45. The van der Waals surface area contributed by atoms with Gasteiger partial charge in [0.25, 0.3) is 0 Å². The van der Waals surface area contributed by atoms with Crippen molar-refractivity contribution in [3.8, 4) is 0 Å². The van der Waals surface area contributed by atoms with Crippen molar-refractivity contribution in [1.82, 2.24) is 4.90 Å². The van der Waals surface area contributed by atoms with Gasteiger partial charge in [0.05, 0.1) is 5.71 Å². The lowest BCUT2D eigenvalue weighted by atomic mass is 9.94. The molecule has 4 heteroatoms. The zero-order valence-corrected chi connectivity index (χ0v) is 11.1. The van der Waals surface area contributed by atoms with Crippen LogP contribution < -0.4 is 0 Å². The van der Waals surface area contributed by atoms with Crippen molar-refractivity contribution >= 4 is 17.5 Å².